The van der Waals surface area contributed by atoms with Gasteiger partial charge in [-0.05, 0) is 25.1 Å². The number of amides is 1. The molecule has 0 aliphatic carbocycles. The topological polar surface area (TPSA) is 77.9 Å². The third-order valence-corrected chi connectivity index (χ3v) is 3.55. The van der Waals surface area contributed by atoms with Gasteiger partial charge in [-0.15, -0.1) is 0 Å². The first kappa shape index (κ1) is 13.3. The molecule has 1 aromatic carbocycles. The van der Waals surface area contributed by atoms with Gasteiger partial charge in [0, 0.05) is 12.0 Å². The third kappa shape index (κ3) is 2.61. The normalized spacial score (nSPS) is 20.0. The summed E-state index contributed by atoms with van der Waals surface area (Å²) in [6, 6.07) is 12.8. The number of hydrogen-bond acceptors (Lipinski definition) is 3. The van der Waals surface area contributed by atoms with E-state index in [1.165, 1.54) is 0 Å². The first-order valence-electron chi connectivity index (χ1n) is 6.83. The van der Waals surface area contributed by atoms with Gasteiger partial charge in [0.05, 0.1) is 12.1 Å². The number of hydrogen-bond donors (Lipinski definition) is 2. The number of rotatable bonds is 2. The van der Waals surface area contributed by atoms with Crippen LogP contribution in [0.5, 0.6) is 5.75 Å². The quantitative estimate of drug-likeness (QED) is 0.888. The standard InChI is InChI=1S/C16H15N3O2/c1-10-8-14(12-4-2-3-5-15(12)21-10)19-16(20)13-7-6-11(9-17)18-13/h2-7,10,14,18H,8H2,1H3,(H,19,20)/t10-,14-/m1/s1. The van der Waals surface area contributed by atoms with Crippen molar-refractivity contribution in [2.45, 2.75) is 25.5 Å². The van der Waals surface area contributed by atoms with E-state index in [1.54, 1.807) is 12.1 Å². The van der Waals surface area contributed by atoms with Crippen LogP contribution in [0.25, 0.3) is 0 Å². The Hall–Kier alpha value is -2.74. The van der Waals surface area contributed by atoms with Crippen molar-refractivity contribution in [1.29, 1.82) is 5.26 Å². The number of ether oxygens (including phenoxy) is 1. The molecule has 0 saturated carbocycles. The highest BCUT2D eigenvalue weighted by atomic mass is 16.5. The van der Waals surface area contributed by atoms with Gasteiger partial charge in [0.25, 0.3) is 5.91 Å². The molecule has 0 bridgehead atoms. The zero-order chi connectivity index (χ0) is 14.8. The number of aromatic nitrogens is 1. The molecule has 3 rings (SSSR count). The number of nitrogens with zero attached hydrogens (tertiary/aromatic N) is 1. The highest BCUT2D eigenvalue weighted by Gasteiger charge is 2.27. The number of benzene rings is 1. The van der Waals surface area contributed by atoms with Crippen molar-refractivity contribution in [3.63, 3.8) is 0 Å². The van der Waals surface area contributed by atoms with Crippen molar-refractivity contribution in [3.05, 3.63) is 53.3 Å². The number of fused-ring (bicyclic) bond motifs is 1. The summed E-state index contributed by atoms with van der Waals surface area (Å²) in [5, 5.41) is 11.8. The Labute approximate surface area is 122 Å². The van der Waals surface area contributed by atoms with Gasteiger partial charge in [0.2, 0.25) is 0 Å². The van der Waals surface area contributed by atoms with Crippen LogP contribution in [0.4, 0.5) is 0 Å². The summed E-state index contributed by atoms with van der Waals surface area (Å²) < 4.78 is 5.77. The molecule has 1 aromatic heterocycles. The largest absolute Gasteiger partial charge is 0.490 e. The van der Waals surface area contributed by atoms with Gasteiger partial charge >= 0.3 is 0 Å². The number of H-pyrrole nitrogens is 1. The van der Waals surface area contributed by atoms with Crippen LogP contribution in [0, 0.1) is 11.3 Å². The Morgan fingerprint density at radius 2 is 2.19 bits per heavy atom. The van der Waals surface area contributed by atoms with Crippen LogP contribution >= 0.6 is 0 Å². The van der Waals surface area contributed by atoms with Gasteiger partial charge in [0.1, 0.15) is 23.2 Å². The molecule has 2 atom stereocenters. The molecular formula is C16H15N3O2. The van der Waals surface area contributed by atoms with Gasteiger partial charge < -0.3 is 15.0 Å². The van der Waals surface area contributed by atoms with E-state index in [0.717, 1.165) is 11.3 Å². The van der Waals surface area contributed by atoms with E-state index in [-0.39, 0.29) is 18.1 Å². The molecule has 0 fully saturated rings. The maximum absolute atomic E-state index is 12.3. The third-order valence-electron chi connectivity index (χ3n) is 3.55. The van der Waals surface area contributed by atoms with E-state index in [9.17, 15) is 4.79 Å². The number of nitrogens with one attached hydrogen (secondary N) is 2. The number of carbonyl (C=O) groups excluding carboxylic acids is 1. The number of aromatic amines is 1. The molecule has 1 aliphatic rings. The monoisotopic (exact) mass is 281 g/mol. The Balaban J connectivity index is 1.81. The fraction of sp³-hybridized carbons (Fsp3) is 0.250. The molecule has 5 heteroatoms. The van der Waals surface area contributed by atoms with Crippen molar-refractivity contribution < 1.29 is 9.53 Å². The summed E-state index contributed by atoms with van der Waals surface area (Å²) in [4.78, 5) is 15.0. The summed E-state index contributed by atoms with van der Waals surface area (Å²) in [6.07, 6.45) is 0.762. The van der Waals surface area contributed by atoms with Crippen LogP contribution in [-0.4, -0.2) is 17.0 Å². The van der Waals surface area contributed by atoms with Gasteiger partial charge in [0.15, 0.2) is 0 Å². The van der Waals surface area contributed by atoms with Crippen LogP contribution in [-0.2, 0) is 0 Å². The van der Waals surface area contributed by atoms with Crippen LogP contribution in [0.15, 0.2) is 36.4 Å². The SMILES string of the molecule is C[C@@H]1C[C@@H](NC(=O)c2ccc(C#N)[nH]2)c2ccccc2O1. The smallest absolute Gasteiger partial charge is 0.268 e. The molecule has 106 valence electrons. The Morgan fingerprint density at radius 3 is 2.95 bits per heavy atom. The van der Waals surface area contributed by atoms with Gasteiger partial charge in [-0.25, -0.2) is 0 Å². The highest BCUT2D eigenvalue weighted by molar-refractivity contribution is 5.93. The molecule has 1 aliphatic heterocycles. The van der Waals surface area contributed by atoms with Crippen molar-refractivity contribution in [1.82, 2.24) is 10.3 Å². The second-order valence-corrected chi connectivity index (χ2v) is 5.13. The van der Waals surface area contributed by atoms with Crippen molar-refractivity contribution >= 4 is 5.91 Å². The zero-order valence-electron chi connectivity index (χ0n) is 11.6. The Morgan fingerprint density at radius 1 is 1.38 bits per heavy atom. The molecule has 2 N–H and O–H groups in total. The summed E-state index contributed by atoms with van der Waals surface area (Å²) >= 11 is 0. The van der Waals surface area contributed by atoms with E-state index in [1.807, 2.05) is 37.3 Å². The van der Waals surface area contributed by atoms with E-state index in [4.69, 9.17) is 10.00 Å². The second-order valence-electron chi connectivity index (χ2n) is 5.13. The van der Waals surface area contributed by atoms with E-state index >= 15 is 0 Å². The fourth-order valence-corrected chi connectivity index (χ4v) is 2.56. The molecule has 0 unspecified atom stereocenters. The highest BCUT2D eigenvalue weighted by Crippen LogP contribution is 2.34. The molecule has 5 nitrogen and oxygen atoms in total. The molecular weight excluding hydrogens is 266 g/mol. The number of carbonyl (C=O) groups is 1. The van der Waals surface area contributed by atoms with Gasteiger partial charge in [-0.2, -0.15) is 5.26 Å². The summed E-state index contributed by atoms with van der Waals surface area (Å²) in [5.74, 6) is 0.594. The summed E-state index contributed by atoms with van der Waals surface area (Å²) in [7, 11) is 0. The fourth-order valence-electron chi connectivity index (χ4n) is 2.56. The van der Waals surface area contributed by atoms with Crippen LogP contribution in [0.1, 0.15) is 41.1 Å². The maximum atomic E-state index is 12.3. The van der Waals surface area contributed by atoms with Crippen molar-refractivity contribution in [2.24, 2.45) is 0 Å². The molecule has 21 heavy (non-hydrogen) atoms. The minimum atomic E-state index is -0.217. The lowest BCUT2D eigenvalue weighted by atomic mass is 9.97. The zero-order valence-corrected chi connectivity index (χ0v) is 11.6. The molecule has 1 amide bonds. The predicted molar refractivity (Wildman–Crippen MR) is 76.9 cm³/mol. The Bertz CT molecular complexity index is 714. The van der Waals surface area contributed by atoms with E-state index in [2.05, 4.69) is 10.3 Å². The lowest BCUT2D eigenvalue weighted by Gasteiger charge is -2.30. The van der Waals surface area contributed by atoms with Gasteiger partial charge in [-0.3, -0.25) is 4.79 Å². The van der Waals surface area contributed by atoms with Crippen LogP contribution < -0.4 is 10.1 Å². The van der Waals surface area contributed by atoms with E-state index in [0.29, 0.717) is 17.8 Å². The maximum Gasteiger partial charge on any atom is 0.268 e. The number of para-hydroxylation sites is 1. The van der Waals surface area contributed by atoms with Crippen LogP contribution in [0.3, 0.4) is 0 Å². The van der Waals surface area contributed by atoms with Crippen LogP contribution in [0.2, 0.25) is 0 Å². The number of nitriles is 1. The first-order chi connectivity index (χ1) is 10.2. The summed E-state index contributed by atoms with van der Waals surface area (Å²) in [5.41, 5.74) is 1.75. The molecule has 2 aromatic rings. The molecule has 0 spiro atoms. The summed E-state index contributed by atoms with van der Waals surface area (Å²) in [6.45, 7) is 1.98. The van der Waals surface area contributed by atoms with Crippen molar-refractivity contribution in [3.8, 4) is 11.8 Å². The Kier molecular flexibility index (Phi) is 3.36. The molecule has 0 radical (unpaired) electrons. The second kappa shape index (κ2) is 5.33. The lowest BCUT2D eigenvalue weighted by molar-refractivity contribution is 0.0902. The van der Waals surface area contributed by atoms with Gasteiger partial charge in [-0.1, -0.05) is 18.2 Å². The van der Waals surface area contributed by atoms with Crippen molar-refractivity contribution in [2.75, 3.05) is 0 Å². The molecule has 2 heterocycles. The minimum Gasteiger partial charge on any atom is -0.490 e. The minimum absolute atomic E-state index is 0.0449. The average molecular weight is 281 g/mol. The average Bonchev–Trinajstić information content (AvgIpc) is 2.96. The first-order valence-corrected chi connectivity index (χ1v) is 6.83. The lowest BCUT2D eigenvalue weighted by Crippen LogP contribution is -2.35. The molecule has 0 saturated heterocycles. The predicted octanol–water partition coefficient (Wildman–Crippen LogP) is 2.53. The van der Waals surface area contributed by atoms with E-state index < -0.39 is 0 Å².